The largest absolute Gasteiger partial charge is 0.454 e. The van der Waals surface area contributed by atoms with Crippen molar-refractivity contribution in [1.82, 2.24) is 4.90 Å². The molecular formula is C21H23NO3S. The van der Waals surface area contributed by atoms with Gasteiger partial charge < -0.3 is 9.47 Å². The summed E-state index contributed by atoms with van der Waals surface area (Å²) in [5.74, 6) is 2.01. The SMILES string of the molecule is CSc1ccccc1C(=O)[C@H]1CCCN(Cc2cccc3c2OCO3)C1. The molecule has 0 saturated carbocycles. The molecule has 0 bridgehead atoms. The maximum Gasteiger partial charge on any atom is 0.231 e. The van der Waals surface area contributed by atoms with E-state index in [4.69, 9.17) is 9.47 Å². The molecule has 1 saturated heterocycles. The van der Waals surface area contributed by atoms with Crippen LogP contribution in [0.4, 0.5) is 0 Å². The van der Waals surface area contributed by atoms with Gasteiger partial charge in [-0.05, 0) is 37.8 Å². The fourth-order valence-corrected chi connectivity index (χ4v) is 4.44. The lowest BCUT2D eigenvalue weighted by Crippen LogP contribution is -2.38. The van der Waals surface area contributed by atoms with Crippen LogP contribution in [0, 0.1) is 5.92 Å². The number of ketones is 1. The maximum atomic E-state index is 13.1. The number of Topliss-reactive ketones (excluding diaryl/α,β-unsaturated/α-hetero) is 1. The quantitative estimate of drug-likeness (QED) is 0.582. The fraction of sp³-hybridized carbons (Fsp3) is 0.381. The van der Waals surface area contributed by atoms with E-state index in [1.807, 2.05) is 42.7 Å². The molecule has 2 aliphatic rings. The third-order valence-corrected chi connectivity index (χ3v) is 5.92. The Kier molecular flexibility index (Phi) is 5.18. The second-order valence-corrected chi connectivity index (χ2v) is 7.64. The van der Waals surface area contributed by atoms with E-state index in [2.05, 4.69) is 11.0 Å². The zero-order valence-electron chi connectivity index (χ0n) is 14.9. The average Bonchev–Trinajstić information content (AvgIpc) is 3.17. The predicted molar refractivity (Wildman–Crippen MR) is 103 cm³/mol. The molecule has 2 aliphatic heterocycles. The van der Waals surface area contributed by atoms with E-state index < -0.39 is 0 Å². The number of piperidine rings is 1. The fourth-order valence-electron chi connectivity index (χ4n) is 3.84. The number of fused-ring (bicyclic) bond motifs is 1. The molecule has 4 nitrogen and oxygen atoms in total. The Bertz CT molecular complexity index is 808. The van der Waals surface area contributed by atoms with Gasteiger partial charge in [-0.15, -0.1) is 11.8 Å². The highest BCUT2D eigenvalue weighted by molar-refractivity contribution is 7.98. The van der Waals surface area contributed by atoms with Crippen LogP contribution in [0.25, 0.3) is 0 Å². The summed E-state index contributed by atoms with van der Waals surface area (Å²) in [5, 5.41) is 0. The van der Waals surface area contributed by atoms with Crippen molar-refractivity contribution in [3.8, 4) is 11.5 Å². The van der Waals surface area contributed by atoms with Crippen LogP contribution in [0.2, 0.25) is 0 Å². The summed E-state index contributed by atoms with van der Waals surface area (Å²) in [4.78, 5) is 16.5. The molecule has 5 heteroatoms. The number of para-hydroxylation sites is 1. The Hall–Kier alpha value is -1.98. The number of ether oxygens (including phenoxy) is 2. The predicted octanol–water partition coefficient (Wildman–Crippen LogP) is 4.23. The summed E-state index contributed by atoms with van der Waals surface area (Å²) in [6.45, 7) is 2.89. The number of likely N-dealkylation sites (tertiary alicyclic amines) is 1. The van der Waals surface area contributed by atoms with Gasteiger partial charge in [0.2, 0.25) is 6.79 Å². The minimum Gasteiger partial charge on any atom is -0.454 e. The Labute approximate surface area is 158 Å². The van der Waals surface area contributed by atoms with Gasteiger partial charge in [-0.3, -0.25) is 9.69 Å². The lowest BCUT2D eigenvalue weighted by molar-refractivity contribution is 0.0807. The van der Waals surface area contributed by atoms with Gasteiger partial charge in [0.1, 0.15) is 0 Å². The van der Waals surface area contributed by atoms with E-state index in [9.17, 15) is 4.79 Å². The van der Waals surface area contributed by atoms with Crippen LogP contribution in [0.3, 0.4) is 0 Å². The average molecular weight is 369 g/mol. The van der Waals surface area contributed by atoms with Gasteiger partial charge in [-0.25, -0.2) is 0 Å². The number of thioether (sulfide) groups is 1. The number of benzene rings is 2. The summed E-state index contributed by atoms with van der Waals surface area (Å²) in [7, 11) is 0. The van der Waals surface area contributed by atoms with Crippen LogP contribution in [-0.4, -0.2) is 36.8 Å². The smallest absolute Gasteiger partial charge is 0.231 e. The summed E-state index contributed by atoms with van der Waals surface area (Å²) in [6, 6.07) is 14.0. The molecule has 0 N–H and O–H groups in total. The van der Waals surface area contributed by atoms with Gasteiger partial charge in [0, 0.05) is 35.0 Å². The second kappa shape index (κ2) is 7.72. The van der Waals surface area contributed by atoms with E-state index in [0.717, 1.165) is 60.0 Å². The normalized spacial score (nSPS) is 19.5. The van der Waals surface area contributed by atoms with Crippen LogP contribution in [-0.2, 0) is 6.54 Å². The van der Waals surface area contributed by atoms with Crippen LogP contribution in [0.15, 0.2) is 47.4 Å². The van der Waals surface area contributed by atoms with E-state index in [1.165, 1.54) is 0 Å². The molecule has 1 atom stereocenters. The number of hydrogen-bond acceptors (Lipinski definition) is 5. The van der Waals surface area contributed by atoms with Gasteiger partial charge in [0.05, 0.1) is 0 Å². The number of rotatable bonds is 5. The number of nitrogens with zero attached hydrogens (tertiary/aromatic N) is 1. The standard InChI is InChI=1S/C21H23NO3S/c1-26-19-10-3-2-8-17(19)20(23)15-7-5-11-22(12-15)13-16-6-4-9-18-21(16)25-14-24-18/h2-4,6,8-10,15H,5,7,11-14H2,1H3/t15-/m0/s1. The lowest BCUT2D eigenvalue weighted by atomic mass is 9.89. The molecule has 0 spiro atoms. The van der Waals surface area contributed by atoms with E-state index >= 15 is 0 Å². The van der Waals surface area contributed by atoms with Crippen molar-refractivity contribution in [2.24, 2.45) is 5.92 Å². The van der Waals surface area contributed by atoms with Crippen LogP contribution < -0.4 is 9.47 Å². The summed E-state index contributed by atoms with van der Waals surface area (Å²) >= 11 is 1.64. The van der Waals surface area contributed by atoms with Gasteiger partial charge in [-0.2, -0.15) is 0 Å². The first-order valence-corrected chi connectivity index (χ1v) is 10.3. The third kappa shape index (κ3) is 3.46. The molecule has 136 valence electrons. The molecule has 1 fully saturated rings. The van der Waals surface area contributed by atoms with Crippen LogP contribution in [0.5, 0.6) is 11.5 Å². The Morgan fingerprint density at radius 3 is 2.96 bits per heavy atom. The second-order valence-electron chi connectivity index (χ2n) is 6.79. The Morgan fingerprint density at radius 1 is 1.19 bits per heavy atom. The van der Waals surface area contributed by atoms with Gasteiger partial charge >= 0.3 is 0 Å². The highest BCUT2D eigenvalue weighted by atomic mass is 32.2. The molecule has 2 aromatic rings. The van der Waals surface area contributed by atoms with Crippen molar-refractivity contribution < 1.29 is 14.3 Å². The van der Waals surface area contributed by atoms with Crippen LogP contribution in [0.1, 0.15) is 28.8 Å². The molecule has 0 unspecified atom stereocenters. The van der Waals surface area contributed by atoms with Crippen molar-refractivity contribution in [3.63, 3.8) is 0 Å². The first kappa shape index (κ1) is 17.4. The van der Waals surface area contributed by atoms with E-state index in [1.54, 1.807) is 11.8 Å². The van der Waals surface area contributed by atoms with Gasteiger partial charge in [0.15, 0.2) is 17.3 Å². The van der Waals surface area contributed by atoms with Crippen LogP contribution >= 0.6 is 11.8 Å². The van der Waals surface area contributed by atoms with Crippen molar-refractivity contribution in [2.45, 2.75) is 24.3 Å². The zero-order valence-corrected chi connectivity index (χ0v) is 15.8. The summed E-state index contributed by atoms with van der Waals surface area (Å²) in [5.41, 5.74) is 2.00. The maximum absolute atomic E-state index is 13.1. The summed E-state index contributed by atoms with van der Waals surface area (Å²) < 4.78 is 11.1. The molecule has 0 aromatic heterocycles. The topological polar surface area (TPSA) is 38.8 Å². The molecule has 0 radical (unpaired) electrons. The van der Waals surface area contributed by atoms with Crippen molar-refractivity contribution in [2.75, 3.05) is 26.1 Å². The van der Waals surface area contributed by atoms with E-state index in [0.29, 0.717) is 6.79 Å². The Morgan fingerprint density at radius 2 is 2.08 bits per heavy atom. The third-order valence-electron chi connectivity index (χ3n) is 5.12. The molecule has 0 aliphatic carbocycles. The zero-order chi connectivity index (χ0) is 17.9. The molecule has 0 amide bonds. The highest BCUT2D eigenvalue weighted by Crippen LogP contribution is 2.36. The molecular weight excluding hydrogens is 346 g/mol. The monoisotopic (exact) mass is 369 g/mol. The molecule has 2 aromatic carbocycles. The molecule has 4 rings (SSSR count). The number of carbonyl (C=O) groups excluding carboxylic acids is 1. The molecule has 2 heterocycles. The van der Waals surface area contributed by atoms with E-state index in [-0.39, 0.29) is 11.7 Å². The first-order chi connectivity index (χ1) is 12.8. The van der Waals surface area contributed by atoms with Gasteiger partial charge in [0.25, 0.3) is 0 Å². The number of hydrogen-bond donors (Lipinski definition) is 0. The van der Waals surface area contributed by atoms with Crippen molar-refractivity contribution >= 4 is 17.5 Å². The molecule has 26 heavy (non-hydrogen) atoms. The minimum atomic E-state index is 0.0611. The van der Waals surface area contributed by atoms with Crippen molar-refractivity contribution in [1.29, 1.82) is 0 Å². The first-order valence-electron chi connectivity index (χ1n) is 9.03. The number of carbonyl (C=O) groups is 1. The lowest BCUT2D eigenvalue weighted by Gasteiger charge is -2.32. The summed E-state index contributed by atoms with van der Waals surface area (Å²) in [6.07, 6.45) is 4.03. The van der Waals surface area contributed by atoms with Crippen molar-refractivity contribution in [3.05, 3.63) is 53.6 Å². The van der Waals surface area contributed by atoms with Gasteiger partial charge in [-0.1, -0.05) is 30.3 Å². The highest BCUT2D eigenvalue weighted by Gasteiger charge is 2.29. The minimum absolute atomic E-state index is 0.0611. The Balaban J connectivity index is 1.48.